The fourth-order valence-electron chi connectivity index (χ4n) is 1.52. The second kappa shape index (κ2) is 4.29. The molecule has 0 fully saturated rings. The molecule has 0 bridgehead atoms. The van der Waals surface area contributed by atoms with Crippen LogP contribution in [0.25, 0.3) is 11.3 Å². The van der Waals surface area contributed by atoms with Gasteiger partial charge in [-0.25, -0.2) is 14.2 Å². The number of carboxylic acids is 1. The number of rotatable bonds is 2. The smallest absolute Gasteiger partial charge is 0.354 e. The Balaban J connectivity index is 2.67. The molecule has 6 heteroatoms. The summed E-state index contributed by atoms with van der Waals surface area (Å²) in [4.78, 5) is 17.6. The number of nitrogens with one attached hydrogen (secondary N) is 1. The summed E-state index contributed by atoms with van der Waals surface area (Å²) in [6.45, 7) is 1.62. The maximum absolute atomic E-state index is 13.6. The highest BCUT2D eigenvalue weighted by Crippen LogP contribution is 2.27. The topological polar surface area (TPSA) is 66.0 Å². The third-order valence-corrected chi connectivity index (χ3v) is 2.71. The summed E-state index contributed by atoms with van der Waals surface area (Å²) >= 11 is 3.21. The van der Waals surface area contributed by atoms with E-state index < -0.39 is 11.8 Å². The molecule has 0 aliphatic heterocycles. The van der Waals surface area contributed by atoms with E-state index in [1.807, 2.05) is 0 Å². The van der Waals surface area contributed by atoms with Crippen molar-refractivity contribution in [1.82, 2.24) is 9.97 Å². The first-order valence-electron chi connectivity index (χ1n) is 4.74. The molecule has 0 spiro atoms. The van der Waals surface area contributed by atoms with Gasteiger partial charge in [0.05, 0.1) is 0 Å². The molecule has 2 aromatic rings. The number of hydrogen-bond acceptors (Lipinski definition) is 2. The molecule has 0 amide bonds. The van der Waals surface area contributed by atoms with E-state index in [-0.39, 0.29) is 17.0 Å². The van der Waals surface area contributed by atoms with Crippen LogP contribution in [0.4, 0.5) is 4.39 Å². The maximum atomic E-state index is 13.6. The van der Waals surface area contributed by atoms with Crippen molar-refractivity contribution in [3.8, 4) is 11.3 Å². The largest absolute Gasteiger partial charge is 0.477 e. The van der Waals surface area contributed by atoms with Crippen molar-refractivity contribution in [3.05, 3.63) is 40.0 Å². The molecule has 0 unspecified atom stereocenters. The van der Waals surface area contributed by atoms with Crippen molar-refractivity contribution in [2.24, 2.45) is 0 Å². The molecule has 0 aliphatic rings. The van der Waals surface area contributed by atoms with Gasteiger partial charge in [0, 0.05) is 10.0 Å². The molecule has 2 rings (SSSR count). The van der Waals surface area contributed by atoms with E-state index in [0.717, 1.165) is 0 Å². The van der Waals surface area contributed by atoms with Gasteiger partial charge >= 0.3 is 5.97 Å². The monoisotopic (exact) mass is 298 g/mol. The number of carbonyl (C=O) groups is 1. The zero-order valence-corrected chi connectivity index (χ0v) is 10.4. The molecular formula is C11H8BrFN2O2. The number of carboxylic acid groups (broad SMARTS) is 1. The summed E-state index contributed by atoms with van der Waals surface area (Å²) < 4.78 is 14.3. The van der Waals surface area contributed by atoms with Gasteiger partial charge in [-0.15, -0.1) is 0 Å². The van der Waals surface area contributed by atoms with Crippen LogP contribution in [0.1, 0.15) is 16.3 Å². The average Bonchev–Trinajstić information content (AvgIpc) is 2.64. The van der Waals surface area contributed by atoms with Gasteiger partial charge in [-0.2, -0.15) is 0 Å². The van der Waals surface area contributed by atoms with Crippen molar-refractivity contribution in [2.45, 2.75) is 6.92 Å². The van der Waals surface area contributed by atoms with Crippen LogP contribution in [-0.2, 0) is 0 Å². The van der Waals surface area contributed by atoms with E-state index in [2.05, 4.69) is 25.9 Å². The number of nitrogens with zero attached hydrogens (tertiary/aromatic N) is 1. The molecule has 0 aliphatic carbocycles. The first-order chi connectivity index (χ1) is 7.99. The first kappa shape index (κ1) is 11.8. The van der Waals surface area contributed by atoms with E-state index in [1.54, 1.807) is 13.0 Å². The lowest BCUT2D eigenvalue weighted by Crippen LogP contribution is -2.00. The maximum Gasteiger partial charge on any atom is 0.354 e. The lowest BCUT2D eigenvalue weighted by atomic mass is 10.1. The molecule has 0 saturated carbocycles. The van der Waals surface area contributed by atoms with Crippen LogP contribution in [0.5, 0.6) is 0 Å². The van der Waals surface area contributed by atoms with E-state index >= 15 is 0 Å². The van der Waals surface area contributed by atoms with Gasteiger partial charge in [-0.05, 0) is 25.1 Å². The Bertz CT molecular complexity index is 595. The Labute approximate surface area is 105 Å². The Kier molecular flexibility index (Phi) is 2.97. The normalized spacial score (nSPS) is 10.5. The summed E-state index contributed by atoms with van der Waals surface area (Å²) in [5, 5.41) is 9.00. The van der Waals surface area contributed by atoms with Crippen molar-refractivity contribution >= 4 is 21.9 Å². The second-order valence-electron chi connectivity index (χ2n) is 3.48. The molecular weight excluding hydrogens is 291 g/mol. The molecule has 0 radical (unpaired) electrons. The SMILES string of the molecule is Cc1nc(-c2cc(Br)ccc2F)c(C(=O)O)[nH]1. The Morgan fingerprint density at radius 1 is 1.53 bits per heavy atom. The third kappa shape index (κ3) is 2.21. The lowest BCUT2D eigenvalue weighted by Gasteiger charge is -2.01. The third-order valence-electron chi connectivity index (χ3n) is 2.22. The lowest BCUT2D eigenvalue weighted by molar-refractivity contribution is 0.0692. The minimum Gasteiger partial charge on any atom is -0.477 e. The molecule has 0 saturated heterocycles. The van der Waals surface area contributed by atoms with Gasteiger partial charge < -0.3 is 10.1 Å². The van der Waals surface area contributed by atoms with Gasteiger partial charge in [-0.1, -0.05) is 15.9 Å². The summed E-state index contributed by atoms with van der Waals surface area (Å²) in [5.74, 6) is -1.25. The highest BCUT2D eigenvalue weighted by molar-refractivity contribution is 9.10. The molecule has 17 heavy (non-hydrogen) atoms. The zero-order chi connectivity index (χ0) is 12.6. The summed E-state index contributed by atoms with van der Waals surface area (Å²) in [5.41, 5.74) is 0.148. The Hall–Kier alpha value is -1.69. The zero-order valence-electron chi connectivity index (χ0n) is 8.79. The molecule has 88 valence electrons. The minimum absolute atomic E-state index is 0.105. The van der Waals surface area contributed by atoms with E-state index in [9.17, 15) is 9.18 Å². The first-order valence-corrected chi connectivity index (χ1v) is 5.53. The quantitative estimate of drug-likeness (QED) is 0.896. The van der Waals surface area contributed by atoms with E-state index in [4.69, 9.17) is 5.11 Å². The molecule has 1 heterocycles. The van der Waals surface area contributed by atoms with E-state index in [0.29, 0.717) is 10.3 Å². The Morgan fingerprint density at radius 2 is 2.24 bits per heavy atom. The summed E-state index contributed by atoms with van der Waals surface area (Å²) in [7, 11) is 0. The molecule has 0 atom stereocenters. The van der Waals surface area contributed by atoms with Crippen LogP contribution in [0, 0.1) is 12.7 Å². The standard InChI is InChI=1S/C11H8BrFN2O2/c1-5-14-9(10(15-5)11(16)17)7-4-6(12)2-3-8(7)13/h2-4H,1H3,(H,14,15)(H,16,17). The molecule has 1 aromatic carbocycles. The number of aromatic nitrogens is 2. The van der Waals surface area contributed by atoms with Crippen molar-refractivity contribution in [3.63, 3.8) is 0 Å². The van der Waals surface area contributed by atoms with Gasteiger partial charge in [0.2, 0.25) is 0 Å². The van der Waals surface area contributed by atoms with Crippen molar-refractivity contribution in [1.29, 1.82) is 0 Å². The van der Waals surface area contributed by atoms with Gasteiger partial charge in [-0.3, -0.25) is 0 Å². The van der Waals surface area contributed by atoms with Crippen molar-refractivity contribution in [2.75, 3.05) is 0 Å². The summed E-state index contributed by atoms with van der Waals surface area (Å²) in [6.07, 6.45) is 0. The van der Waals surface area contributed by atoms with Crippen LogP contribution in [0.3, 0.4) is 0 Å². The molecule has 2 N–H and O–H groups in total. The number of H-pyrrole nitrogens is 1. The summed E-state index contributed by atoms with van der Waals surface area (Å²) in [6, 6.07) is 4.30. The second-order valence-corrected chi connectivity index (χ2v) is 4.39. The average molecular weight is 299 g/mol. The van der Waals surface area contributed by atoms with Gasteiger partial charge in [0.25, 0.3) is 0 Å². The van der Waals surface area contributed by atoms with Gasteiger partial charge in [0.1, 0.15) is 17.3 Å². The molecule has 1 aromatic heterocycles. The number of aromatic amines is 1. The highest BCUT2D eigenvalue weighted by Gasteiger charge is 2.19. The Morgan fingerprint density at radius 3 is 2.88 bits per heavy atom. The van der Waals surface area contributed by atoms with Crippen molar-refractivity contribution < 1.29 is 14.3 Å². The molecule has 4 nitrogen and oxygen atoms in total. The van der Waals surface area contributed by atoms with Crippen LogP contribution < -0.4 is 0 Å². The van der Waals surface area contributed by atoms with E-state index in [1.165, 1.54) is 12.1 Å². The number of hydrogen-bond donors (Lipinski definition) is 2. The highest BCUT2D eigenvalue weighted by atomic mass is 79.9. The van der Waals surface area contributed by atoms with Crippen LogP contribution >= 0.6 is 15.9 Å². The minimum atomic E-state index is -1.17. The number of aromatic carboxylic acids is 1. The van der Waals surface area contributed by atoms with Crippen LogP contribution in [0.15, 0.2) is 22.7 Å². The fourth-order valence-corrected chi connectivity index (χ4v) is 1.88. The predicted octanol–water partition coefficient (Wildman–Crippen LogP) is 2.98. The number of benzene rings is 1. The number of halogens is 2. The van der Waals surface area contributed by atoms with Crippen LogP contribution in [0.2, 0.25) is 0 Å². The fraction of sp³-hybridized carbons (Fsp3) is 0.0909. The number of imidazole rings is 1. The predicted molar refractivity (Wildman–Crippen MR) is 63.4 cm³/mol. The number of aryl methyl sites for hydroxylation is 1. The van der Waals surface area contributed by atoms with Crippen LogP contribution in [-0.4, -0.2) is 21.0 Å². The van der Waals surface area contributed by atoms with Gasteiger partial charge in [0.15, 0.2) is 5.69 Å².